The molecule has 1 heterocycles. The maximum atomic E-state index is 13.3. The number of carboxylic acid groups (broad SMARTS) is 1. The summed E-state index contributed by atoms with van der Waals surface area (Å²) >= 11 is 6.53. The second-order valence-electron chi connectivity index (χ2n) is 9.80. The number of halogens is 1. The van der Waals surface area contributed by atoms with Crippen LogP contribution in [0.1, 0.15) is 49.7 Å². The van der Waals surface area contributed by atoms with E-state index in [9.17, 15) is 14.7 Å². The van der Waals surface area contributed by atoms with Gasteiger partial charge in [0.25, 0.3) is 5.56 Å². The summed E-state index contributed by atoms with van der Waals surface area (Å²) in [7, 11) is 0. The molecule has 1 aromatic heterocycles. The van der Waals surface area contributed by atoms with E-state index in [4.69, 9.17) is 11.6 Å². The summed E-state index contributed by atoms with van der Waals surface area (Å²) in [4.78, 5) is 25.5. The molecule has 4 aliphatic carbocycles. The molecule has 0 radical (unpaired) electrons. The summed E-state index contributed by atoms with van der Waals surface area (Å²) in [6.45, 7) is 4.00. The number of carboxylic acids is 1. The van der Waals surface area contributed by atoms with Gasteiger partial charge in [0, 0.05) is 5.69 Å². The first-order valence-corrected chi connectivity index (χ1v) is 11.0. The van der Waals surface area contributed by atoms with Crippen LogP contribution in [0.3, 0.4) is 0 Å². The van der Waals surface area contributed by atoms with Crippen molar-refractivity contribution in [3.8, 4) is 0 Å². The summed E-state index contributed by atoms with van der Waals surface area (Å²) in [5, 5.41) is 17.9. The molecule has 4 bridgehead atoms. The quantitative estimate of drug-likeness (QED) is 0.742. The van der Waals surface area contributed by atoms with Crippen LogP contribution in [0.5, 0.6) is 0 Å². The van der Waals surface area contributed by atoms with Crippen LogP contribution in [0, 0.1) is 31.1 Å². The van der Waals surface area contributed by atoms with Crippen molar-refractivity contribution in [3.05, 3.63) is 50.9 Å². The lowest BCUT2D eigenvalue weighted by Crippen LogP contribution is -2.61. The molecule has 30 heavy (non-hydrogen) atoms. The van der Waals surface area contributed by atoms with Crippen LogP contribution < -0.4 is 10.9 Å². The van der Waals surface area contributed by atoms with Crippen LogP contribution in [0.4, 0.5) is 11.4 Å². The average molecular weight is 428 g/mol. The predicted octanol–water partition coefficient (Wildman–Crippen LogP) is 4.64. The summed E-state index contributed by atoms with van der Waals surface area (Å²) < 4.78 is 1.51. The lowest BCUT2D eigenvalue weighted by atomic mass is 9.47. The minimum absolute atomic E-state index is 0.103. The third-order valence-electron chi connectivity index (χ3n) is 7.51. The third kappa shape index (κ3) is 2.88. The van der Waals surface area contributed by atoms with E-state index in [1.54, 1.807) is 6.20 Å². The van der Waals surface area contributed by atoms with Gasteiger partial charge in [-0.15, -0.1) is 0 Å². The van der Waals surface area contributed by atoms with Crippen molar-refractivity contribution >= 4 is 28.9 Å². The molecule has 4 fully saturated rings. The van der Waals surface area contributed by atoms with Crippen molar-refractivity contribution in [1.82, 2.24) is 9.78 Å². The second-order valence-corrected chi connectivity index (χ2v) is 10.2. The number of benzene rings is 1. The Morgan fingerprint density at radius 1 is 1.20 bits per heavy atom. The van der Waals surface area contributed by atoms with Gasteiger partial charge in [0.15, 0.2) is 0 Å². The number of anilines is 2. The van der Waals surface area contributed by atoms with Crippen molar-refractivity contribution in [3.63, 3.8) is 0 Å². The monoisotopic (exact) mass is 427 g/mol. The lowest BCUT2D eigenvalue weighted by molar-refractivity contribution is -0.173. The number of aromatic nitrogens is 2. The Balaban J connectivity index is 1.54. The van der Waals surface area contributed by atoms with Crippen molar-refractivity contribution in [1.29, 1.82) is 0 Å². The van der Waals surface area contributed by atoms with Gasteiger partial charge < -0.3 is 10.4 Å². The molecular weight excluding hydrogens is 402 g/mol. The molecule has 2 aromatic rings. The van der Waals surface area contributed by atoms with Gasteiger partial charge in [0.05, 0.1) is 22.8 Å². The summed E-state index contributed by atoms with van der Waals surface area (Å²) in [6.07, 6.45) is 6.19. The number of aryl methyl sites for hydroxylation is 2. The Morgan fingerprint density at radius 2 is 1.90 bits per heavy atom. The SMILES string of the molecule is Cc1ccc(C)c(Nc2cnn(C34C[C@@H]5C[C@@H](CC(C(=O)O)(C5)C3)C4)c(=O)c2Cl)c1. The van der Waals surface area contributed by atoms with Crippen LogP contribution in [-0.2, 0) is 10.3 Å². The number of hydrogen-bond acceptors (Lipinski definition) is 4. The van der Waals surface area contributed by atoms with E-state index in [2.05, 4.69) is 10.4 Å². The largest absolute Gasteiger partial charge is 0.481 e. The molecule has 0 saturated heterocycles. The van der Waals surface area contributed by atoms with E-state index < -0.39 is 16.9 Å². The fourth-order valence-corrected chi connectivity index (χ4v) is 6.76. The normalized spacial score (nSPS) is 31.7. The standard InChI is InChI=1S/C23H26ClN3O3/c1-13-3-4-14(2)17(5-13)26-18-11-25-27(20(28)19(18)24)23-9-15-6-16(10-23)8-22(7-15,12-23)21(29)30/h3-5,11,15-16,26H,6-10,12H2,1-2H3,(H,29,30)/t15-,16+,22?,23?. The van der Waals surface area contributed by atoms with Gasteiger partial charge in [0.1, 0.15) is 5.02 Å². The average Bonchev–Trinajstić information content (AvgIpc) is 2.67. The molecule has 4 saturated carbocycles. The van der Waals surface area contributed by atoms with Gasteiger partial charge >= 0.3 is 5.97 Å². The van der Waals surface area contributed by atoms with Crippen LogP contribution in [-0.4, -0.2) is 20.9 Å². The van der Waals surface area contributed by atoms with E-state index in [0.29, 0.717) is 23.9 Å². The first-order valence-electron chi connectivity index (χ1n) is 10.6. The van der Waals surface area contributed by atoms with Gasteiger partial charge in [-0.1, -0.05) is 23.7 Å². The molecule has 4 atom stereocenters. The van der Waals surface area contributed by atoms with Gasteiger partial charge in [-0.05, 0) is 81.4 Å². The zero-order valence-electron chi connectivity index (χ0n) is 17.2. The highest BCUT2D eigenvalue weighted by Crippen LogP contribution is 2.63. The number of nitrogens with zero attached hydrogens (tertiary/aromatic N) is 2. The number of hydrogen-bond donors (Lipinski definition) is 2. The maximum absolute atomic E-state index is 13.3. The number of nitrogens with one attached hydrogen (secondary N) is 1. The molecule has 0 spiro atoms. The molecule has 6 rings (SSSR count). The Kier molecular flexibility index (Phi) is 4.30. The molecule has 0 aliphatic heterocycles. The van der Waals surface area contributed by atoms with E-state index in [1.165, 1.54) is 4.68 Å². The Labute approximate surface area is 180 Å². The Hall–Kier alpha value is -2.34. The first kappa shape index (κ1) is 19.6. The zero-order valence-corrected chi connectivity index (χ0v) is 18.0. The van der Waals surface area contributed by atoms with Crippen molar-refractivity contribution in [2.24, 2.45) is 17.3 Å². The fourth-order valence-electron chi connectivity index (χ4n) is 6.59. The van der Waals surface area contributed by atoms with E-state index in [1.807, 2.05) is 32.0 Å². The second kappa shape index (κ2) is 6.58. The van der Waals surface area contributed by atoms with Crippen molar-refractivity contribution in [2.75, 3.05) is 5.32 Å². The van der Waals surface area contributed by atoms with Crippen LogP contribution >= 0.6 is 11.6 Å². The van der Waals surface area contributed by atoms with Crippen LogP contribution in [0.25, 0.3) is 0 Å². The fraction of sp³-hybridized carbons (Fsp3) is 0.522. The molecule has 0 amide bonds. The highest BCUT2D eigenvalue weighted by atomic mass is 35.5. The molecule has 6 nitrogen and oxygen atoms in total. The summed E-state index contributed by atoms with van der Waals surface area (Å²) in [5.41, 5.74) is 1.90. The molecule has 7 heteroatoms. The first-order chi connectivity index (χ1) is 14.2. The van der Waals surface area contributed by atoms with Crippen molar-refractivity contribution in [2.45, 2.75) is 57.9 Å². The number of carbonyl (C=O) groups is 1. The van der Waals surface area contributed by atoms with Crippen LogP contribution in [0.15, 0.2) is 29.2 Å². The lowest BCUT2D eigenvalue weighted by Gasteiger charge is -2.60. The predicted molar refractivity (Wildman–Crippen MR) is 115 cm³/mol. The highest BCUT2D eigenvalue weighted by molar-refractivity contribution is 6.33. The zero-order chi connectivity index (χ0) is 21.3. The smallest absolute Gasteiger partial charge is 0.309 e. The summed E-state index contributed by atoms with van der Waals surface area (Å²) in [5.74, 6) is -0.0570. The number of rotatable bonds is 4. The van der Waals surface area contributed by atoms with Gasteiger partial charge in [-0.2, -0.15) is 5.10 Å². The highest BCUT2D eigenvalue weighted by Gasteiger charge is 2.62. The molecule has 2 unspecified atom stereocenters. The van der Waals surface area contributed by atoms with E-state index in [-0.39, 0.29) is 10.6 Å². The van der Waals surface area contributed by atoms with Gasteiger partial charge in [-0.3, -0.25) is 9.59 Å². The third-order valence-corrected chi connectivity index (χ3v) is 7.88. The topological polar surface area (TPSA) is 84.2 Å². The molecule has 2 N–H and O–H groups in total. The molecule has 1 aromatic carbocycles. The minimum Gasteiger partial charge on any atom is -0.481 e. The minimum atomic E-state index is -0.729. The Bertz CT molecular complexity index is 1100. The van der Waals surface area contributed by atoms with Gasteiger partial charge in [0.2, 0.25) is 0 Å². The summed E-state index contributed by atoms with van der Waals surface area (Å²) in [6, 6.07) is 6.05. The maximum Gasteiger partial charge on any atom is 0.309 e. The molecular formula is C23H26ClN3O3. The van der Waals surface area contributed by atoms with Crippen molar-refractivity contribution < 1.29 is 9.90 Å². The Morgan fingerprint density at radius 3 is 2.57 bits per heavy atom. The van der Waals surface area contributed by atoms with E-state index in [0.717, 1.165) is 48.9 Å². The van der Waals surface area contributed by atoms with Crippen LogP contribution in [0.2, 0.25) is 5.02 Å². The number of aliphatic carboxylic acids is 1. The molecule has 4 aliphatic rings. The van der Waals surface area contributed by atoms with E-state index >= 15 is 0 Å². The molecule has 158 valence electrons. The van der Waals surface area contributed by atoms with Gasteiger partial charge in [-0.25, -0.2) is 4.68 Å².